The van der Waals surface area contributed by atoms with Gasteiger partial charge in [-0.25, -0.2) is 0 Å². The Hall–Kier alpha value is 0.0900. The summed E-state index contributed by atoms with van der Waals surface area (Å²) in [7, 11) is 0. The Kier molecular flexibility index (Phi) is 5.66. The number of rotatable bonds is 5. The Labute approximate surface area is 134 Å². The van der Waals surface area contributed by atoms with Gasteiger partial charge in [0, 0.05) is 13.4 Å². The summed E-state index contributed by atoms with van der Waals surface area (Å²) >= 11 is 7.75. The Balaban J connectivity index is 2.33. The minimum Gasteiger partial charge on any atom is -0.306 e. The van der Waals surface area contributed by atoms with Crippen LogP contribution in [0.4, 0.5) is 0 Å². The number of thiophene rings is 1. The van der Waals surface area contributed by atoms with Gasteiger partial charge in [-0.05, 0) is 80.1 Å². The van der Waals surface area contributed by atoms with Gasteiger partial charge in [-0.1, -0.05) is 19.1 Å². The van der Waals surface area contributed by atoms with Crippen molar-refractivity contribution in [1.82, 2.24) is 5.32 Å². The molecular formula is C14H15BrINS. The summed E-state index contributed by atoms with van der Waals surface area (Å²) in [6.45, 7) is 3.22. The van der Waals surface area contributed by atoms with Gasteiger partial charge in [0.05, 0.1) is 6.04 Å². The van der Waals surface area contributed by atoms with Crippen LogP contribution < -0.4 is 5.32 Å². The van der Waals surface area contributed by atoms with Crippen molar-refractivity contribution in [2.45, 2.75) is 19.4 Å². The highest BCUT2D eigenvalue weighted by Gasteiger charge is 2.16. The molecule has 0 fully saturated rings. The maximum Gasteiger partial charge on any atom is 0.0596 e. The second kappa shape index (κ2) is 7.03. The van der Waals surface area contributed by atoms with Crippen molar-refractivity contribution in [3.63, 3.8) is 0 Å². The maximum atomic E-state index is 3.64. The zero-order valence-electron chi connectivity index (χ0n) is 10.1. The molecule has 0 saturated carbocycles. The number of halogens is 2. The first kappa shape index (κ1) is 14.5. The molecule has 1 atom stereocenters. The summed E-state index contributed by atoms with van der Waals surface area (Å²) in [4.78, 5) is 0. The molecule has 2 aromatic rings. The number of hydrogen-bond donors (Lipinski definition) is 1. The van der Waals surface area contributed by atoms with E-state index in [9.17, 15) is 0 Å². The first-order chi connectivity index (χ1) is 8.72. The predicted octanol–water partition coefficient (Wildman–Crippen LogP) is 5.20. The van der Waals surface area contributed by atoms with Crippen molar-refractivity contribution in [3.05, 3.63) is 54.2 Å². The summed E-state index contributed by atoms with van der Waals surface area (Å²) in [5.74, 6) is 0. The Morgan fingerprint density at radius 1 is 1.39 bits per heavy atom. The van der Waals surface area contributed by atoms with E-state index in [0.717, 1.165) is 13.0 Å². The molecule has 1 unspecified atom stereocenters. The van der Waals surface area contributed by atoms with Gasteiger partial charge >= 0.3 is 0 Å². The minimum absolute atomic E-state index is 0.278. The first-order valence-electron chi connectivity index (χ1n) is 5.92. The van der Waals surface area contributed by atoms with Gasteiger partial charge in [-0.15, -0.1) is 0 Å². The van der Waals surface area contributed by atoms with E-state index in [1.54, 1.807) is 11.3 Å². The van der Waals surface area contributed by atoms with Crippen LogP contribution in [0.3, 0.4) is 0 Å². The normalized spacial score (nSPS) is 12.6. The fraction of sp³-hybridized carbons (Fsp3) is 0.286. The number of nitrogens with one attached hydrogen (secondary N) is 1. The molecule has 1 aromatic heterocycles. The van der Waals surface area contributed by atoms with Crippen LogP contribution in [0.1, 0.15) is 30.5 Å². The lowest BCUT2D eigenvalue weighted by molar-refractivity contribution is 0.598. The van der Waals surface area contributed by atoms with Crippen molar-refractivity contribution in [1.29, 1.82) is 0 Å². The van der Waals surface area contributed by atoms with E-state index in [0.29, 0.717) is 0 Å². The lowest BCUT2D eigenvalue weighted by atomic mass is 10.0. The second-order valence-corrected chi connectivity index (χ2v) is 6.96. The SMILES string of the molecule is CCCNC(c1cccc(I)c1)c1cscc1Br. The van der Waals surface area contributed by atoms with Crippen molar-refractivity contribution >= 4 is 49.9 Å². The van der Waals surface area contributed by atoms with E-state index < -0.39 is 0 Å². The lowest BCUT2D eigenvalue weighted by Gasteiger charge is -2.19. The fourth-order valence-corrected chi connectivity index (χ4v) is 4.00. The average molecular weight is 436 g/mol. The summed E-state index contributed by atoms with van der Waals surface area (Å²) in [6.07, 6.45) is 1.14. The molecule has 0 aliphatic rings. The van der Waals surface area contributed by atoms with Crippen LogP contribution in [-0.2, 0) is 0 Å². The molecule has 96 valence electrons. The monoisotopic (exact) mass is 435 g/mol. The van der Waals surface area contributed by atoms with Crippen LogP contribution in [0.5, 0.6) is 0 Å². The molecule has 0 aliphatic carbocycles. The van der Waals surface area contributed by atoms with Crippen molar-refractivity contribution in [3.8, 4) is 0 Å². The Morgan fingerprint density at radius 2 is 2.22 bits per heavy atom. The van der Waals surface area contributed by atoms with Gasteiger partial charge in [-0.3, -0.25) is 0 Å². The molecule has 4 heteroatoms. The van der Waals surface area contributed by atoms with E-state index in [1.807, 2.05) is 0 Å². The van der Waals surface area contributed by atoms with Crippen LogP contribution in [-0.4, -0.2) is 6.54 Å². The molecule has 0 aliphatic heterocycles. The van der Waals surface area contributed by atoms with E-state index >= 15 is 0 Å². The Bertz CT molecular complexity index is 512. The molecule has 0 spiro atoms. The number of hydrogen-bond acceptors (Lipinski definition) is 2. The molecule has 1 heterocycles. The van der Waals surface area contributed by atoms with Crippen LogP contribution >= 0.6 is 49.9 Å². The smallest absolute Gasteiger partial charge is 0.0596 e. The van der Waals surface area contributed by atoms with Crippen LogP contribution in [0.2, 0.25) is 0 Å². The fourth-order valence-electron chi connectivity index (χ4n) is 1.88. The minimum atomic E-state index is 0.278. The van der Waals surface area contributed by atoms with E-state index in [1.165, 1.54) is 19.2 Å². The third-order valence-corrected chi connectivity index (χ3v) is 5.16. The van der Waals surface area contributed by atoms with Crippen LogP contribution in [0.25, 0.3) is 0 Å². The van der Waals surface area contributed by atoms with Gasteiger partial charge in [0.1, 0.15) is 0 Å². The van der Waals surface area contributed by atoms with E-state index in [-0.39, 0.29) is 6.04 Å². The van der Waals surface area contributed by atoms with Gasteiger partial charge in [0.25, 0.3) is 0 Å². The maximum absolute atomic E-state index is 3.64. The Morgan fingerprint density at radius 3 is 2.83 bits per heavy atom. The van der Waals surface area contributed by atoms with Crippen molar-refractivity contribution in [2.24, 2.45) is 0 Å². The summed E-state index contributed by atoms with van der Waals surface area (Å²) in [6, 6.07) is 8.97. The summed E-state index contributed by atoms with van der Waals surface area (Å²) < 4.78 is 2.47. The molecule has 0 saturated heterocycles. The quantitative estimate of drug-likeness (QED) is 0.636. The predicted molar refractivity (Wildman–Crippen MR) is 91.3 cm³/mol. The second-order valence-electron chi connectivity index (χ2n) is 4.12. The standard InChI is InChI=1S/C14H15BrINS/c1-2-6-17-14(12-8-18-9-13(12)15)10-4-3-5-11(16)7-10/h3-5,7-9,14,17H,2,6H2,1H3. The third-order valence-electron chi connectivity index (χ3n) is 2.73. The summed E-state index contributed by atoms with van der Waals surface area (Å²) in [5, 5.41) is 7.99. The highest BCUT2D eigenvalue weighted by atomic mass is 127. The zero-order valence-corrected chi connectivity index (χ0v) is 14.7. The van der Waals surface area contributed by atoms with Gasteiger partial charge < -0.3 is 5.32 Å². The van der Waals surface area contributed by atoms with E-state index in [4.69, 9.17) is 0 Å². The highest BCUT2D eigenvalue weighted by molar-refractivity contribution is 14.1. The van der Waals surface area contributed by atoms with Gasteiger partial charge in [0.15, 0.2) is 0 Å². The largest absolute Gasteiger partial charge is 0.306 e. The van der Waals surface area contributed by atoms with Gasteiger partial charge in [0.2, 0.25) is 0 Å². The van der Waals surface area contributed by atoms with Crippen LogP contribution in [0, 0.1) is 3.57 Å². The summed E-state index contributed by atoms with van der Waals surface area (Å²) in [5.41, 5.74) is 2.66. The molecule has 0 bridgehead atoms. The third kappa shape index (κ3) is 3.56. The molecule has 1 nitrogen and oxygen atoms in total. The average Bonchev–Trinajstić information content (AvgIpc) is 2.77. The molecule has 2 rings (SSSR count). The van der Waals surface area contributed by atoms with Crippen LogP contribution in [0.15, 0.2) is 39.5 Å². The van der Waals surface area contributed by atoms with Gasteiger partial charge in [-0.2, -0.15) is 11.3 Å². The molecule has 18 heavy (non-hydrogen) atoms. The molecular weight excluding hydrogens is 421 g/mol. The first-order valence-corrected chi connectivity index (χ1v) is 8.74. The van der Waals surface area contributed by atoms with E-state index in [2.05, 4.69) is 85.8 Å². The molecule has 1 aromatic carbocycles. The number of benzene rings is 1. The van der Waals surface area contributed by atoms with Crippen molar-refractivity contribution in [2.75, 3.05) is 6.54 Å². The molecule has 0 radical (unpaired) electrons. The van der Waals surface area contributed by atoms with Crippen molar-refractivity contribution < 1.29 is 0 Å². The zero-order chi connectivity index (χ0) is 13.0. The molecule has 1 N–H and O–H groups in total. The molecule has 0 amide bonds. The highest BCUT2D eigenvalue weighted by Crippen LogP contribution is 2.32. The lowest BCUT2D eigenvalue weighted by Crippen LogP contribution is -2.23. The topological polar surface area (TPSA) is 12.0 Å².